The quantitative estimate of drug-likeness (QED) is 0.822. The van der Waals surface area contributed by atoms with Gasteiger partial charge < -0.3 is 10.6 Å². The first-order valence-electron chi connectivity index (χ1n) is 6.08. The molecule has 5 heteroatoms. The molecule has 0 aromatic carbocycles. The number of aromatic nitrogens is 1. The van der Waals surface area contributed by atoms with Crippen LogP contribution in [0.1, 0.15) is 28.8 Å². The number of amides is 1. The van der Waals surface area contributed by atoms with E-state index >= 15 is 0 Å². The van der Waals surface area contributed by atoms with Crippen LogP contribution in [-0.4, -0.2) is 33.9 Å². The van der Waals surface area contributed by atoms with Gasteiger partial charge in [0, 0.05) is 31.4 Å². The van der Waals surface area contributed by atoms with Crippen LogP contribution in [0.4, 0.5) is 0 Å². The molecule has 96 valence electrons. The smallest absolute Gasteiger partial charge is 0.255 e. The molecule has 1 aliphatic heterocycles. The highest BCUT2D eigenvalue weighted by molar-refractivity contribution is 7.80. The summed E-state index contributed by atoms with van der Waals surface area (Å²) in [5.74, 6) is 0.169. The molecule has 1 aromatic rings. The summed E-state index contributed by atoms with van der Waals surface area (Å²) in [5.41, 5.74) is 7.30. The fourth-order valence-electron chi connectivity index (χ4n) is 2.25. The van der Waals surface area contributed by atoms with Crippen molar-refractivity contribution in [2.24, 2.45) is 11.7 Å². The van der Waals surface area contributed by atoms with Crippen molar-refractivity contribution in [2.75, 3.05) is 13.1 Å². The van der Waals surface area contributed by atoms with Gasteiger partial charge in [-0.2, -0.15) is 0 Å². The van der Waals surface area contributed by atoms with Crippen LogP contribution in [0.15, 0.2) is 18.5 Å². The number of hydrogen-bond donors (Lipinski definition) is 1. The van der Waals surface area contributed by atoms with Crippen LogP contribution in [0, 0.1) is 12.8 Å². The second kappa shape index (κ2) is 5.44. The Morgan fingerprint density at radius 3 is 3.00 bits per heavy atom. The number of likely N-dealkylation sites (tertiary alicyclic amines) is 1. The van der Waals surface area contributed by atoms with E-state index in [1.165, 1.54) is 0 Å². The van der Waals surface area contributed by atoms with Gasteiger partial charge >= 0.3 is 0 Å². The molecule has 0 saturated carbocycles. The molecule has 0 spiro atoms. The zero-order valence-electron chi connectivity index (χ0n) is 10.4. The van der Waals surface area contributed by atoms with Crippen LogP contribution in [0.3, 0.4) is 0 Å². The van der Waals surface area contributed by atoms with E-state index in [0.717, 1.165) is 24.9 Å². The van der Waals surface area contributed by atoms with Crippen molar-refractivity contribution in [3.8, 4) is 0 Å². The lowest BCUT2D eigenvalue weighted by Crippen LogP contribution is -2.43. The van der Waals surface area contributed by atoms with E-state index < -0.39 is 0 Å². The predicted molar refractivity (Wildman–Crippen MR) is 74.4 cm³/mol. The maximum absolute atomic E-state index is 12.3. The summed E-state index contributed by atoms with van der Waals surface area (Å²) in [7, 11) is 0. The lowest BCUT2D eigenvalue weighted by Gasteiger charge is -2.32. The SMILES string of the molecule is Cc1cncc(C(=O)N2CCCC(C(N)=S)C2)c1. The number of hydrogen-bond acceptors (Lipinski definition) is 3. The Bertz CT molecular complexity index is 475. The highest BCUT2D eigenvalue weighted by atomic mass is 32.1. The van der Waals surface area contributed by atoms with Crippen LogP contribution < -0.4 is 5.73 Å². The Morgan fingerprint density at radius 1 is 1.56 bits per heavy atom. The molecule has 2 heterocycles. The molecule has 4 nitrogen and oxygen atoms in total. The third-order valence-corrected chi connectivity index (χ3v) is 3.57. The van der Waals surface area contributed by atoms with Crippen LogP contribution in [-0.2, 0) is 0 Å². The largest absolute Gasteiger partial charge is 0.393 e. The average Bonchev–Trinajstić information content (AvgIpc) is 2.38. The lowest BCUT2D eigenvalue weighted by molar-refractivity contribution is 0.0703. The van der Waals surface area contributed by atoms with Crippen LogP contribution in [0.2, 0.25) is 0 Å². The molecule has 1 amide bonds. The normalized spacial score (nSPS) is 19.6. The molecular formula is C13H17N3OS. The van der Waals surface area contributed by atoms with Crippen molar-refractivity contribution in [3.63, 3.8) is 0 Å². The van der Waals surface area contributed by atoms with Gasteiger partial charge in [0.1, 0.15) is 0 Å². The molecule has 0 aliphatic carbocycles. The first kappa shape index (κ1) is 13.0. The minimum Gasteiger partial charge on any atom is -0.393 e. The van der Waals surface area contributed by atoms with Gasteiger partial charge in [-0.15, -0.1) is 0 Å². The van der Waals surface area contributed by atoms with Crippen molar-refractivity contribution in [1.29, 1.82) is 0 Å². The molecular weight excluding hydrogens is 246 g/mol. The summed E-state index contributed by atoms with van der Waals surface area (Å²) in [5, 5.41) is 0. The molecule has 1 fully saturated rings. The number of nitrogens with two attached hydrogens (primary N) is 1. The highest BCUT2D eigenvalue weighted by Gasteiger charge is 2.25. The zero-order valence-corrected chi connectivity index (χ0v) is 11.2. The van der Waals surface area contributed by atoms with Crippen LogP contribution >= 0.6 is 12.2 Å². The number of rotatable bonds is 2. The van der Waals surface area contributed by atoms with Gasteiger partial charge in [0.2, 0.25) is 0 Å². The second-order valence-electron chi connectivity index (χ2n) is 4.74. The maximum Gasteiger partial charge on any atom is 0.255 e. The van der Waals surface area contributed by atoms with Crippen molar-refractivity contribution in [1.82, 2.24) is 9.88 Å². The summed E-state index contributed by atoms with van der Waals surface area (Å²) in [4.78, 5) is 18.7. The predicted octanol–water partition coefficient (Wildman–Crippen LogP) is 1.53. The third kappa shape index (κ3) is 2.85. The summed E-state index contributed by atoms with van der Waals surface area (Å²) in [6.07, 6.45) is 5.28. The summed E-state index contributed by atoms with van der Waals surface area (Å²) < 4.78 is 0. The van der Waals surface area contributed by atoms with E-state index in [0.29, 0.717) is 17.1 Å². The van der Waals surface area contributed by atoms with Gasteiger partial charge in [-0.05, 0) is 31.4 Å². The fraction of sp³-hybridized carbons (Fsp3) is 0.462. The minimum absolute atomic E-state index is 0.0205. The molecule has 1 aliphatic rings. The Labute approximate surface area is 112 Å². The first-order chi connectivity index (χ1) is 8.58. The number of carbonyl (C=O) groups excluding carboxylic acids is 1. The first-order valence-corrected chi connectivity index (χ1v) is 6.49. The summed E-state index contributed by atoms with van der Waals surface area (Å²) >= 11 is 5.02. The van der Waals surface area contributed by atoms with Crippen LogP contribution in [0.5, 0.6) is 0 Å². The van der Waals surface area contributed by atoms with Gasteiger partial charge in [-0.25, -0.2) is 0 Å². The third-order valence-electron chi connectivity index (χ3n) is 3.23. The Balaban J connectivity index is 2.11. The number of thiocarbonyl (C=S) groups is 1. The minimum atomic E-state index is 0.0205. The monoisotopic (exact) mass is 263 g/mol. The molecule has 18 heavy (non-hydrogen) atoms. The topological polar surface area (TPSA) is 59.2 Å². The van der Waals surface area contributed by atoms with E-state index in [1.807, 2.05) is 17.9 Å². The molecule has 1 unspecified atom stereocenters. The van der Waals surface area contributed by atoms with Crippen LogP contribution in [0.25, 0.3) is 0 Å². The molecule has 2 rings (SSSR count). The van der Waals surface area contributed by atoms with Crippen molar-refractivity contribution < 1.29 is 4.79 Å². The number of carbonyl (C=O) groups is 1. The molecule has 1 saturated heterocycles. The summed E-state index contributed by atoms with van der Waals surface area (Å²) in [6, 6.07) is 1.86. The molecule has 0 radical (unpaired) electrons. The Morgan fingerprint density at radius 2 is 2.33 bits per heavy atom. The molecule has 1 atom stereocenters. The number of piperidine rings is 1. The van der Waals surface area contributed by atoms with Gasteiger partial charge in [0.25, 0.3) is 5.91 Å². The standard InChI is InChI=1S/C13H17N3OS/c1-9-5-11(7-15-6-9)13(17)16-4-2-3-10(8-16)12(14)18/h5-7,10H,2-4,8H2,1H3,(H2,14,18). The number of nitrogens with zero attached hydrogens (tertiary/aromatic N) is 2. The van der Waals surface area contributed by atoms with Gasteiger partial charge in [0.15, 0.2) is 0 Å². The molecule has 1 aromatic heterocycles. The highest BCUT2D eigenvalue weighted by Crippen LogP contribution is 2.18. The maximum atomic E-state index is 12.3. The summed E-state index contributed by atoms with van der Waals surface area (Å²) in [6.45, 7) is 3.33. The van der Waals surface area contributed by atoms with E-state index in [1.54, 1.807) is 12.4 Å². The Kier molecular flexibility index (Phi) is 3.91. The Hall–Kier alpha value is -1.49. The van der Waals surface area contributed by atoms with E-state index in [4.69, 9.17) is 18.0 Å². The molecule has 2 N–H and O–H groups in total. The van der Waals surface area contributed by atoms with Gasteiger partial charge in [0.05, 0.1) is 10.6 Å². The van der Waals surface area contributed by atoms with Crippen molar-refractivity contribution in [2.45, 2.75) is 19.8 Å². The zero-order chi connectivity index (χ0) is 13.1. The van der Waals surface area contributed by atoms with Gasteiger partial charge in [-0.3, -0.25) is 9.78 Å². The van der Waals surface area contributed by atoms with Gasteiger partial charge in [-0.1, -0.05) is 12.2 Å². The van der Waals surface area contributed by atoms with E-state index in [9.17, 15) is 4.79 Å². The second-order valence-corrected chi connectivity index (χ2v) is 5.22. The lowest BCUT2D eigenvalue weighted by atomic mass is 9.97. The van der Waals surface area contributed by atoms with E-state index in [2.05, 4.69) is 4.98 Å². The number of aryl methyl sites for hydroxylation is 1. The van der Waals surface area contributed by atoms with Crippen molar-refractivity contribution in [3.05, 3.63) is 29.6 Å². The van der Waals surface area contributed by atoms with E-state index in [-0.39, 0.29) is 11.8 Å². The average molecular weight is 263 g/mol. The molecule has 0 bridgehead atoms. The van der Waals surface area contributed by atoms with Crippen molar-refractivity contribution >= 4 is 23.1 Å². The fourth-order valence-corrected chi connectivity index (χ4v) is 2.44. The number of pyridine rings is 1.